The first-order valence-electron chi connectivity index (χ1n) is 8.47. The second-order valence-corrected chi connectivity index (χ2v) is 8.84. The Kier molecular flexibility index (Phi) is 7.41. The van der Waals surface area contributed by atoms with Gasteiger partial charge in [0.05, 0.1) is 16.5 Å². The minimum absolute atomic E-state index is 0. The van der Waals surface area contributed by atoms with E-state index < -0.39 is 27.8 Å². The number of amides is 1. The van der Waals surface area contributed by atoms with Crippen molar-refractivity contribution in [2.75, 3.05) is 6.26 Å². The molecule has 0 spiro atoms. The monoisotopic (exact) mass is 483 g/mol. The maximum absolute atomic E-state index is 12.6. The number of carbonyl (C=O) groups excluding carboxylic acids is 1. The Bertz CT molecular complexity index is 1230. The summed E-state index contributed by atoms with van der Waals surface area (Å²) in [5.41, 5.74) is 0.0918. The van der Waals surface area contributed by atoms with Crippen molar-refractivity contribution in [1.29, 1.82) is 0 Å². The van der Waals surface area contributed by atoms with Gasteiger partial charge in [-0.1, -0.05) is 11.6 Å². The number of carboxylic acid groups (broad SMARTS) is 1. The van der Waals surface area contributed by atoms with Crippen molar-refractivity contribution >= 4 is 46.8 Å². The van der Waals surface area contributed by atoms with Crippen LogP contribution in [0.3, 0.4) is 0 Å². The highest BCUT2D eigenvalue weighted by Crippen LogP contribution is 2.20. The molecule has 0 radical (unpaired) electrons. The quantitative estimate of drug-likeness (QED) is 0.541. The molecule has 0 aliphatic heterocycles. The van der Waals surface area contributed by atoms with Gasteiger partial charge in [-0.3, -0.25) is 4.79 Å². The number of hydrogen-bond acceptors (Lipinski definition) is 7. The van der Waals surface area contributed by atoms with Crippen LogP contribution in [0.4, 0.5) is 0 Å². The number of carbonyl (C=O) groups is 2. The van der Waals surface area contributed by atoms with Crippen molar-refractivity contribution in [3.8, 4) is 5.82 Å². The van der Waals surface area contributed by atoms with E-state index in [0.717, 1.165) is 6.26 Å². The highest BCUT2D eigenvalue weighted by atomic mass is 35.5. The molecule has 2 N–H and O–H groups in total. The predicted molar refractivity (Wildman–Crippen MR) is 117 cm³/mol. The Hall–Kier alpha value is -2.96. The minimum Gasteiger partial charge on any atom is -0.478 e. The first-order valence-corrected chi connectivity index (χ1v) is 10.7. The molecule has 3 rings (SSSR count). The molecule has 2 heterocycles. The van der Waals surface area contributed by atoms with Crippen molar-refractivity contribution in [3.05, 3.63) is 64.8 Å². The molecule has 31 heavy (non-hydrogen) atoms. The van der Waals surface area contributed by atoms with E-state index in [1.54, 1.807) is 6.92 Å². The van der Waals surface area contributed by atoms with Crippen LogP contribution in [0.1, 0.15) is 39.5 Å². The van der Waals surface area contributed by atoms with Crippen molar-refractivity contribution in [2.24, 2.45) is 0 Å². The van der Waals surface area contributed by atoms with E-state index in [-0.39, 0.29) is 34.5 Å². The molecule has 10 nitrogen and oxygen atoms in total. The molecule has 2 aromatic heterocycles. The zero-order valence-electron chi connectivity index (χ0n) is 16.3. The lowest BCUT2D eigenvalue weighted by Gasteiger charge is -2.15. The fourth-order valence-corrected chi connectivity index (χ4v) is 3.59. The SMILES string of the molecule is C[C@@H](NC(=O)c1cc(Cl)cc(S(C)(=O)=O)c1)c1ncnn1-c1ccc(C(=O)O)cn1.S. The lowest BCUT2D eigenvalue weighted by molar-refractivity contribution is 0.0696. The molecule has 0 aliphatic carbocycles. The summed E-state index contributed by atoms with van der Waals surface area (Å²) in [5, 5.41) is 15.9. The van der Waals surface area contributed by atoms with E-state index in [1.165, 1.54) is 47.5 Å². The number of benzene rings is 1. The third-order valence-corrected chi connectivity index (χ3v) is 5.39. The summed E-state index contributed by atoms with van der Waals surface area (Å²) in [7, 11) is -3.55. The van der Waals surface area contributed by atoms with Crippen molar-refractivity contribution < 1.29 is 23.1 Å². The topological polar surface area (TPSA) is 144 Å². The van der Waals surface area contributed by atoms with Gasteiger partial charge in [-0.05, 0) is 37.3 Å². The number of carboxylic acids is 1. The molecular weight excluding hydrogens is 466 g/mol. The standard InChI is InChI=1S/C18H16ClN5O5S.H2S/c1-10(23-17(25)12-5-13(19)7-14(6-12)30(2,28)29)16-21-9-22-24(16)15-4-3-11(8-20-15)18(26)27;/h3-10H,1-2H3,(H,23,25)(H,26,27);1H2/t10-;/m1./s1. The summed E-state index contributed by atoms with van der Waals surface area (Å²) in [4.78, 5) is 31.7. The molecule has 0 fully saturated rings. The smallest absolute Gasteiger partial charge is 0.337 e. The van der Waals surface area contributed by atoms with Crippen molar-refractivity contribution in [1.82, 2.24) is 25.1 Å². The van der Waals surface area contributed by atoms with Crippen molar-refractivity contribution in [2.45, 2.75) is 17.9 Å². The van der Waals surface area contributed by atoms with Gasteiger partial charge in [0.25, 0.3) is 5.91 Å². The third-order valence-electron chi connectivity index (χ3n) is 4.08. The normalized spacial score (nSPS) is 12.0. The molecule has 0 unspecified atom stereocenters. The first kappa shape index (κ1) is 24.3. The predicted octanol–water partition coefficient (Wildman–Crippen LogP) is 2.02. The van der Waals surface area contributed by atoms with Crippen molar-refractivity contribution in [3.63, 3.8) is 0 Å². The lowest BCUT2D eigenvalue weighted by atomic mass is 10.2. The van der Waals surface area contributed by atoms with Crippen LogP contribution < -0.4 is 5.32 Å². The average molecular weight is 484 g/mol. The zero-order chi connectivity index (χ0) is 22.1. The molecule has 164 valence electrons. The highest BCUT2D eigenvalue weighted by molar-refractivity contribution is 7.90. The fourth-order valence-electron chi connectivity index (χ4n) is 2.61. The molecule has 0 bridgehead atoms. The molecule has 3 aromatic rings. The van der Waals surface area contributed by atoms with E-state index in [4.69, 9.17) is 16.7 Å². The van der Waals surface area contributed by atoms with Gasteiger partial charge >= 0.3 is 5.97 Å². The Labute approximate surface area is 189 Å². The summed E-state index contributed by atoms with van der Waals surface area (Å²) in [6.07, 6.45) is 3.48. The van der Waals surface area contributed by atoms with Gasteiger partial charge in [-0.2, -0.15) is 23.3 Å². The van der Waals surface area contributed by atoms with E-state index in [1.807, 2.05) is 0 Å². The number of sulfone groups is 1. The Morgan fingerprint density at radius 1 is 1.16 bits per heavy atom. The molecule has 0 saturated heterocycles. The van der Waals surface area contributed by atoms with E-state index >= 15 is 0 Å². The number of nitrogens with zero attached hydrogens (tertiary/aromatic N) is 4. The summed E-state index contributed by atoms with van der Waals surface area (Å²) in [6.45, 7) is 1.66. The Morgan fingerprint density at radius 2 is 1.87 bits per heavy atom. The first-order chi connectivity index (χ1) is 14.1. The van der Waals surface area contributed by atoms with Gasteiger partial charge in [0, 0.05) is 23.0 Å². The largest absolute Gasteiger partial charge is 0.478 e. The number of pyridine rings is 1. The third kappa shape index (κ3) is 5.60. The number of aromatic carboxylic acids is 1. The van der Waals surface area contributed by atoms with Gasteiger partial charge < -0.3 is 10.4 Å². The molecular formula is C18H18ClN5O5S2. The molecule has 0 aliphatic rings. The molecule has 13 heteroatoms. The number of rotatable bonds is 6. The van der Waals surface area contributed by atoms with Gasteiger partial charge in [0.15, 0.2) is 21.5 Å². The van der Waals surface area contributed by atoms with Crippen LogP contribution in [0.15, 0.2) is 47.8 Å². The van der Waals surface area contributed by atoms with E-state index in [0.29, 0.717) is 11.6 Å². The molecule has 1 amide bonds. The summed E-state index contributed by atoms with van der Waals surface area (Å²) in [6, 6.07) is 6.06. The maximum Gasteiger partial charge on any atom is 0.337 e. The van der Waals surface area contributed by atoms with Gasteiger partial charge in [0.1, 0.15) is 6.33 Å². The van der Waals surface area contributed by atoms with Crippen LogP contribution in [-0.2, 0) is 9.84 Å². The Balaban J connectivity index is 0.00000341. The molecule has 1 aromatic carbocycles. The van der Waals surface area contributed by atoms with Gasteiger partial charge in [-0.25, -0.2) is 23.2 Å². The van der Waals surface area contributed by atoms with Crippen LogP contribution in [0.5, 0.6) is 0 Å². The highest BCUT2D eigenvalue weighted by Gasteiger charge is 2.20. The number of halogens is 1. The van der Waals surface area contributed by atoms with Crippen LogP contribution in [0.2, 0.25) is 5.02 Å². The summed E-state index contributed by atoms with van der Waals surface area (Å²) >= 11 is 5.96. The lowest BCUT2D eigenvalue weighted by Crippen LogP contribution is -2.29. The number of hydrogen-bond donors (Lipinski definition) is 2. The average Bonchev–Trinajstić information content (AvgIpc) is 3.16. The second kappa shape index (κ2) is 9.45. The second-order valence-electron chi connectivity index (χ2n) is 6.38. The minimum atomic E-state index is -3.55. The van der Waals surface area contributed by atoms with Crippen LogP contribution in [-0.4, -0.2) is 51.4 Å². The number of nitrogens with one attached hydrogen (secondary N) is 1. The van der Waals surface area contributed by atoms with Gasteiger partial charge in [0.2, 0.25) is 0 Å². The fraction of sp³-hybridized carbons (Fsp3) is 0.167. The summed E-state index contributed by atoms with van der Waals surface area (Å²) < 4.78 is 24.9. The Morgan fingerprint density at radius 3 is 2.45 bits per heavy atom. The van der Waals surface area contributed by atoms with Crippen LogP contribution >= 0.6 is 25.1 Å². The van der Waals surface area contributed by atoms with Gasteiger partial charge in [-0.15, -0.1) is 0 Å². The van der Waals surface area contributed by atoms with E-state index in [9.17, 15) is 18.0 Å². The molecule has 0 saturated carbocycles. The zero-order valence-corrected chi connectivity index (χ0v) is 18.8. The van der Waals surface area contributed by atoms with E-state index in [2.05, 4.69) is 20.4 Å². The summed E-state index contributed by atoms with van der Waals surface area (Å²) in [5.74, 6) is -1.01. The van der Waals surface area contributed by atoms with Crippen LogP contribution in [0, 0.1) is 0 Å². The number of aromatic nitrogens is 4. The van der Waals surface area contributed by atoms with Crippen LogP contribution in [0.25, 0.3) is 5.82 Å². The maximum atomic E-state index is 12.6. The molecule has 1 atom stereocenters.